The number of nitrogens with one attached hydrogen (secondary N) is 1. The van der Waals surface area contributed by atoms with E-state index in [9.17, 15) is 22.8 Å². The Morgan fingerprint density at radius 3 is 2.27 bits per heavy atom. The molecule has 0 spiro atoms. The van der Waals surface area contributed by atoms with Crippen molar-refractivity contribution in [2.24, 2.45) is 5.41 Å². The minimum Gasteiger partial charge on any atom is -0.486 e. The van der Waals surface area contributed by atoms with Crippen LogP contribution in [0.5, 0.6) is 5.75 Å². The van der Waals surface area contributed by atoms with Crippen LogP contribution < -0.4 is 10.1 Å². The smallest absolute Gasteiger partial charge is 0.389 e. The summed E-state index contributed by atoms with van der Waals surface area (Å²) in [6, 6.07) is 3.81. The van der Waals surface area contributed by atoms with E-state index in [1.165, 1.54) is 11.1 Å². The molecule has 218 valence electrons. The van der Waals surface area contributed by atoms with Crippen molar-refractivity contribution < 1.29 is 32.6 Å². The van der Waals surface area contributed by atoms with Gasteiger partial charge in [0.25, 0.3) is 0 Å². The summed E-state index contributed by atoms with van der Waals surface area (Å²) in [6.45, 7) is 10.6. The van der Waals surface area contributed by atoms with Gasteiger partial charge in [0.05, 0.1) is 6.42 Å². The first kappa shape index (κ1) is 31.2. The molecule has 2 aliphatic rings. The fourth-order valence-corrected chi connectivity index (χ4v) is 5.26. The molecule has 1 aromatic rings. The van der Waals surface area contributed by atoms with Gasteiger partial charge >= 0.3 is 12.1 Å². The Kier molecular flexibility index (Phi) is 10.1. The van der Waals surface area contributed by atoms with Gasteiger partial charge in [-0.25, -0.2) is 0 Å². The van der Waals surface area contributed by atoms with Gasteiger partial charge in [-0.3, -0.25) is 9.59 Å². The van der Waals surface area contributed by atoms with E-state index in [-0.39, 0.29) is 36.6 Å². The van der Waals surface area contributed by atoms with Crippen molar-refractivity contribution in [2.45, 2.75) is 91.3 Å². The van der Waals surface area contributed by atoms with Crippen LogP contribution in [0.2, 0.25) is 0 Å². The lowest BCUT2D eigenvalue weighted by Crippen LogP contribution is -2.29. The Morgan fingerprint density at radius 1 is 1.10 bits per heavy atom. The third-order valence-corrected chi connectivity index (χ3v) is 7.38. The maximum atomic E-state index is 13.2. The van der Waals surface area contributed by atoms with Crippen LogP contribution in [0.25, 0.3) is 0 Å². The van der Waals surface area contributed by atoms with Crippen molar-refractivity contribution in [3.8, 4) is 5.75 Å². The number of hydrogen-bond donors (Lipinski definition) is 2. The first-order valence-electron chi connectivity index (χ1n) is 13.8. The second kappa shape index (κ2) is 12.9. The summed E-state index contributed by atoms with van der Waals surface area (Å²) in [5.41, 5.74) is 5.82. The van der Waals surface area contributed by atoms with E-state index in [0.717, 1.165) is 17.5 Å². The number of allylic oxidation sites excluding steroid dienone is 6. The Morgan fingerprint density at radius 2 is 1.77 bits per heavy atom. The predicted molar refractivity (Wildman–Crippen MR) is 150 cm³/mol. The van der Waals surface area contributed by atoms with Crippen LogP contribution in [0, 0.1) is 19.3 Å². The lowest BCUT2D eigenvalue weighted by Gasteiger charge is -2.28. The zero-order valence-corrected chi connectivity index (χ0v) is 24.0. The van der Waals surface area contributed by atoms with Gasteiger partial charge in [0, 0.05) is 24.5 Å². The van der Waals surface area contributed by atoms with Crippen LogP contribution >= 0.6 is 0 Å². The molecule has 40 heavy (non-hydrogen) atoms. The van der Waals surface area contributed by atoms with E-state index in [0.29, 0.717) is 29.7 Å². The van der Waals surface area contributed by atoms with Gasteiger partial charge in [-0.15, -0.1) is 0 Å². The number of carbonyl (C=O) groups excluding carboxylic acids is 1. The Labute approximate surface area is 234 Å². The van der Waals surface area contributed by atoms with E-state index < -0.39 is 24.7 Å². The van der Waals surface area contributed by atoms with Crippen molar-refractivity contribution in [2.75, 3.05) is 6.54 Å². The van der Waals surface area contributed by atoms with E-state index in [4.69, 9.17) is 9.84 Å². The fourth-order valence-electron chi connectivity index (χ4n) is 5.26. The molecule has 0 radical (unpaired) electrons. The molecule has 3 rings (SSSR count). The molecule has 0 aliphatic heterocycles. The number of carboxylic acids is 1. The molecule has 1 amide bonds. The minimum absolute atomic E-state index is 0.0127. The monoisotopic (exact) mass is 559 g/mol. The maximum absolute atomic E-state index is 13.2. The highest BCUT2D eigenvalue weighted by molar-refractivity contribution is 5.94. The second-order valence-electron chi connectivity index (χ2n) is 11.7. The van der Waals surface area contributed by atoms with Crippen molar-refractivity contribution in [1.29, 1.82) is 0 Å². The lowest BCUT2D eigenvalue weighted by molar-refractivity contribution is -0.138. The molecule has 5 nitrogen and oxygen atoms in total. The molecule has 0 heterocycles. The van der Waals surface area contributed by atoms with Gasteiger partial charge in [0.1, 0.15) is 11.9 Å². The van der Waals surface area contributed by atoms with Crippen molar-refractivity contribution in [3.05, 3.63) is 75.9 Å². The highest BCUT2D eigenvalue weighted by atomic mass is 19.4. The van der Waals surface area contributed by atoms with Crippen molar-refractivity contribution in [1.82, 2.24) is 5.32 Å². The molecule has 8 heteroatoms. The number of amides is 1. The molecular formula is C32H40F3NO4. The van der Waals surface area contributed by atoms with E-state index in [1.54, 1.807) is 12.2 Å². The number of benzene rings is 1. The summed E-state index contributed by atoms with van der Waals surface area (Å²) < 4.78 is 45.7. The van der Waals surface area contributed by atoms with E-state index in [2.05, 4.69) is 44.3 Å². The SMILES string of the molecule is Cc1cc(OC(CCC(F)(F)F)C2=CC=C(C(=O)NCCC(=O)O)CC2)cc(C)c1C1C=CC(C(C)(C)C)=CC1. The van der Waals surface area contributed by atoms with Gasteiger partial charge in [0.2, 0.25) is 5.91 Å². The van der Waals surface area contributed by atoms with Gasteiger partial charge in [-0.1, -0.05) is 51.2 Å². The summed E-state index contributed by atoms with van der Waals surface area (Å²) in [6.07, 6.45) is 5.08. The van der Waals surface area contributed by atoms with Gasteiger partial charge in [0.15, 0.2) is 0 Å². The molecule has 2 unspecified atom stereocenters. The number of aryl methyl sites for hydroxylation is 2. The van der Waals surface area contributed by atoms with Crippen LogP contribution in [-0.4, -0.2) is 35.8 Å². The average Bonchev–Trinajstić information content (AvgIpc) is 2.85. The lowest BCUT2D eigenvalue weighted by atomic mass is 9.78. The molecule has 2 atom stereocenters. The minimum atomic E-state index is -4.32. The van der Waals surface area contributed by atoms with Gasteiger partial charge in [-0.2, -0.15) is 13.2 Å². The van der Waals surface area contributed by atoms with E-state index >= 15 is 0 Å². The number of rotatable bonds is 10. The highest BCUT2D eigenvalue weighted by Crippen LogP contribution is 2.38. The summed E-state index contributed by atoms with van der Waals surface area (Å²) in [5, 5.41) is 11.3. The number of ether oxygens (including phenoxy) is 1. The number of hydrogen-bond acceptors (Lipinski definition) is 3. The summed E-state index contributed by atoms with van der Waals surface area (Å²) in [7, 11) is 0. The zero-order chi connectivity index (χ0) is 29.7. The maximum Gasteiger partial charge on any atom is 0.389 e. The first-order valence-corrected chi connectivity index (χ1v) is 13.8. The number of carboxylic acid groups (broad SMARTS) is 1. The van der Waals surface area contributed by atoms with E-state index in [1.807, 2.05) is 26.0 Å². The molecular weight excluding hydrogens is 519 g/mol. The average molecular weight is 560 g/mol. The molecule has 2 N–H and O–H groups in total. The van der Waals surface area contributed by atoms with Gasteiger partial charge in [-0.05, 0) is 84.9 Å². The normalized spacial score (nSPS) is 18.4. The molecule has 0 bridgehead atoms. The number of alkyl halides is 3. The molecule has 0 saturated carbocycles. The molecule has 0 fully saturated rings. The summed E-state index contributed by atoms with van der Waals surface area (Å²) in [5.74, 6) is -0.622. The van der Waals surface area contributed by atoms with Crippen LogP contribution in [0.15, 0.2) is 59.2 Å². The van der Waals surface area contributed by atoms with Crippen molar-refractivity contribution >= 4 is 11.9 Å². The Bertz CT molecular complexity index is 1210. The quantitative estimate of drug-likeness (QED) is 0.309. The molecule has 2 aliphatic carbocycles. The van der Waals surface area contributed by atoms with Crippen LogP contribution in [0.1, 0.15) is 81.9 Å². The van der Waals surface area contributed by atoms with Crippen LogP contribution in [0.3, 0.4) is 0 Å². The number of aliphatic carboxylic acids is 1. The van der Waals surface area contributed by atoms with Gasteiger partial charge < -0.3 is 15.2 Å². The standard InChI is InChI=1S/C32H40F3NO4/c1-20-18-26(19-21(2)29(20)23-10-12-25(13-11-23)31(3,4)5)40-27(14-16-32(33,34)35)22-6-8-24(9-7-22)30(39)36-17-15-28(37)38/h6,8,10,12-13,18-19,23,27H,7,9,11,14-17H2,1-5H3,(H,36,39)(H,37,38). The number of carbonyl (C=O) groups is 2. The second-order valence-corrected chi connectivity index (χ2v) is 11.7. The zero-order valence-electron chi connectivity index (χ0n) is 24.0. The largest absolute Gasteiger partial charge is 0.486 e. The highest BCUT2D eigenvalue weighted by Gasteiger charge is 2.31. The third-order valence-electron chi connectivity index (χ3n) is 7.38. The summed E-state index contributed by atoms with van der Waals surface area (Å²) in [4.78, 5) is 23.0. The predicted octanol–water partition coefficient (Wildman–Crippen LogP) is 7.65. The molecule has 1 aromatic carbocycles. The summed E-state index contributed by atoms with van der Waals surface area (Å²) >= 11 is 0. The fraction of sp³-hybridized carbons (Fsp3) is 0.500. The number of halogens is 3. The van der Waals surface area contributed by atoms with Crippen molar-refractivity contribution in [3.63, 3.8) is 0 Å². The Balaban J connectivity index is 1.78. The topological polar surface area (TPSA) is 75.6 Å². The molecule has 0 saturated heterocycles. The van der Waals surface area contributed by atoms with Crippen LogP contribution in [-0.2, 0) is 9.59 Å². The first-order chi connectivity index (χ1) is 18.6. The third kappa shape index (κ3) is 8.86. The van der Waals surface area contributed by atoms with Crippen LogP contribution in [0.4, 0.5) is 13.2 Å². The Hall–Kier alpha value is -3.29. The molecule has 0 aromatic heterocycles.